The van der Waals surface area contributed by atoms with Crippen molar-refractivity contribution in [2.24, 2.45) is 5.92 Å². The molecule has 7 nitrogen and oxygen atoms in total. The number of ether oxygens (including phenoxy) is 1. The number of fused-ring (bicyclic) bond motifs is 1. The third-order valence-corrected chi connectivity index (χ3v) is 6.77. The predicted molar refractivity (Wildman–Crippen MR) is 147 cm³/mol. The van der Waals surface area contributed by atoms with Crippen molar-refractivity contribution in [3.63, 3.8) is 0 Å². The molecule has 3 aromatic carbocycles. The molecule has 0 unspecified atom stereocenters. The molecule has 0 spiro atoms. The van der Waals surface area contributed by atoms with E-state index >= 15 is 0 Å². The fourth-order valence-electron chi connectivity index (χ4n) is 4.43. The van der Waals surface area contributed by atoms with Crippen molar-refractivity contribution in [3.05, 3.63) is 83.0 Å². The molecule has 0 aliphatic carbocycles. The fraction of sp³-hybridized carbons (Fsp3) is 0.207. The Kier molecular flexibility index (Phi) is 7.23. The van der Waals surface area contributed by atoms with E-state index in [0.717, 1.165) is 22.2 Å². The van der Waals surface area contributed by atoms with Crippen LogP contribution in [0.4, 0.5) is 5.69 Å². The van der Waals surface area contributed by atoms with Gasteiger partial charge in [-0.1, -0.05) is 35.9 Å². The quantitative estimate of drug-likeness (QED) is 0.312. The van der Waals surface area contributed by atoms with Crippen LogP contribution in [0, 0.1) is 5.92 Å². The van der Waals surface area contributed by atoms with E-state index in [1.54, 1.807) is 17.9 Å². The molecule has 1 fully saturated rings. The van der Waals surface area contributed by atoms with Crippen LogP contribution < -0.4 is 10.1 Å². The van der Waals surface area contributed by atoms with Crippen molar-refractivity contribution in [2.75, 3.05) is 18.4 Å². The monoisotopic (exact) mass is 514 g/mol. The molecule has 0 atom stereocenters. The van der Waals surface area contributed by atoms with E-state index < -0.39 is 0 Å². The molecule has 2 N–H and O–H groups in total. The Morgan fingerprint density at radius 2 is 1.78 bits per heavy atom. The SMILES string of the molecule is CC(=O)N1CCC(C(=O)Nc2cccc(Oc3ccc4c(/C=C/c5ccc(Cl)cc5)n[nH]c4c3)c2)CC1. The Bertz CT molecular complexity index is 1450. The van der Waals surface area contributed by atoms with Gasteiger partial charge in [0.1, 0.15) is 11.5 Å². The van der Waals surface area contributed by atoms with Gasteiger partial charge < -0.3 is 15.0 Å². The minimum absolute atomic E-state index is 0.0292. The summed E-state index contributed by atoms with van der Waals surface area (Å²) in [6.07, 6.45) is 5.28. The molecule has 1 aromatic heterocycles. The van der Waals surface area contributed by atoms with Gasteiger partial charge >= 0.3 is 0 Å². The summed E-state index contributed by atoms with van der Waals surface area (Å²) in [5.41, 5.74) is 3.40. The molecule has 8 heteroatoms. The number of halogens is 1. The number of aromatic nitrogens is 2. The number of hydrogen-bond donors (Lipinski definition) is 2. The number of hydrogen-bond acceptors (Lipinski definition) is 4. The van der Waals surface area contributed by atoms with Crippen molar-refractivity contribution in [3.8, 4) is 11.5 Å². The average molecular weight is 515 g/mol. The average Bonchev–Trinajstić information content (AvgIpc) is 3.31. The molecule has 1 aliphatic heterocycles. The number of anilines is 1. The summed E-state index contributed by atoms with van der Waals surface area (Å²) in [4.78, 5) is 26.0. The van der Waals surface area contributed by atoms with Crippen molar-refractivity contribution in [2.45, 2.75) is 19.8 Å². The zero-order valence-corrected chi connectivity index (χ0v) is 21.2. The summed E-state index contributed by atoms with van der Waals surface area (Å²) in [5, 5.41) is 12.2. The largest absolute Gasteiger partial charge is 0.457 e. The predicted octanol–water partition coefficient (Wildman–Crippen LogP) is 6.38. The second-order valence-corrected chi connectivity index (χ2v) is 9.54. The molecule has 1 saturated heterocycles. The van der Waals surface area contributed by atoms with Crippen LogP contribution in [0.15, 0.2) is 66.7 Å². The van der Waals surface area contributed by atoms with Gasteiger partial charge in [-0.15, -0.1) is 0 Å². The number of nitrogens with one attached hydrogen (secondary N) is 2. The number of H-pyrrole nitrogens is 1. The van der Waals surface area contributed by atoms with Gasteiger partial charge in [-0.25, -0.2) is 0 Å². The number of aromatic amines is 1. The van der Waals surface area contributed by atoms with E-state index in [0.29, 0.717) is 48.1 Å². The molecular formula is C29H27ClN4O3. The highest BCUT2D eigenvalue weighted by atomic mass is 35.5. The van der Waals surface area contributed by atoms with Gasteiger partial charge in [-0.3, -0.25) is 14.7 Å². The lowest BCUT2D eigenvalue weighted by molar-refractivity contribution is -0.132. The number of likely N-dealkylation sites (tertiary alicyclic amines) is 1. The van der Waals surface area contributed by atoms with Crippen LogP contribution in [-0.4, -0.2) is 40.0 Å². The van der Waals surface area contributed by atoms with Gasteiger partial charge in [-0.2, -0.15) is 5.10 Å². The maximum atomic E-state index is 12.7. The van der Waals surface area contributed by atoms with E-state index in [9.17, 15) is 9.59 Å². The van der Waals surface area contributed by atoms with Gasteiger partial charge in [0.2, 0.25) is 11.8 Å². The lowest BCUT2D eigenvalue weighted by Crippen LogP contribution is -2.40. The number of piperidine rings is 1. The first kappa shape index (κ1) is 24.6. The molecular weight excluding hydrogens is 488 g/mol. The Morgan fingerprint density at radius 1 is 1.03 bits per heavy atom. The standard InChI is InChI=1S/C29H27ClN4O3/c1-19(35)34-15-13-21(14-16-34)29(36)31-23-3-2-4-24(17-23)37-25-10-11-26-27(32-33-28(26)18-25)12-7-20-5-8-22(30)9-6-20/h2-12,17-18,21H,13-16H2,1H3,(H,31,36)(H,32,33)/b12-7+. The van der Waals surface area contributed by atoms with Crippen LogP contribution in [0.2, 0.25) is 5.02 Å². The zero-order chi connectivity index (χ0) is 25.8. The van der Waals surface area contributed by atoms with Crippen molar-refractivity contribution in [1.29, 1.82) is 0 Å². The number of nitrogens with zero attached hydrogens (tertiary/aromatic N) is 2. The Morgan fingerprint density at radius 3 is 2.54 bits per heavy atom. The molecule has 37 heavy (non-hydrogen) atoms. The van der Waals surface area contributed by atoms with E-state index in [-0.39, 0.29) is 17.7 Å². The first-order valence-corrected chi connectivity index (χ1v) is 12.6. The summed E-state index contributed by atoms with van der Waals surface area (Å²) in [6, 6.07) is 20.7. The Balaban J connectivity index is 1.23. The van der Waals surface area contributed by atoms with Gasteiger partial charge in [0.05, 0.1) is 11.2 Å². The first-order valence-electron chi connectivity index (χ1n) is 12.2. The Hall–Kier alpha value is -4.10. The molecule has 0 bridgehead atoms. The lowest BCUT2D eigenvalue weighted by atomic mass is 9.96. The van der Waals surface area contributed by atoms with Crippen LogP contribution in [0.5, 0.6) is 11.5 Å². The minimum atomic E-state index is -0.106. The van der Waals surface area contributed by atoms with Gasteiger partial charge in [0, 0.05) is 54.2 Å². The molecule has 5 rings (SSSR count). The highest BCUT2D eigenvalue weighted by molar-refractivity contribution is 6.30. The molecule has 2 amide bonds. The van der Waals surface area contributed by atoms with Crippen LogP contribution in [0.1, 0.15) is 31.0 Å². The number of benzene rings is 3. The first-order chi connectivity index (χ1) is 17.9. The zero-order valence-electron chi connectivity index (χ0n) is 20.4. The number of amides is 2. The smallest absolute Gasteiger partial charge is 0.227 e. The second kappa shape index (κ2) is 10.9. The number of carbonyl (C=O) groups excluding carboxylic acids is 2. The second-order valence-electron chi connectivity index (χ2n) is 9.10. The maximum Gasteiger partial charge on any atom is 0.227 e. The minimum Gasteiger partial charge on any atom is -0.457 e. The van der Waals surface area contributed by atoms with Crippen molar-refractivity contribution < 1.29 is 14.3 Å². The lowest BCUT2D eigenvalue weighted by Gasteiger charge is -2.30. The van der Waals surface area contributed by atoms with E-state index in [1.807, 2.05) is 72.8 Å². The topological polar surface area (TPSA) is 87.3 Å². The summed E-state index contributed by atoms with van der Waals surface area (Å²) in [5.74, 6) is 1.20. The summed E-state index contributed by atoms with van der Waals surface area (Å²) in [6.45, 7) is 2.80. The molecule has 2 heterocycles. The third-order valence-electron chi connectivity index (χ3n) is 6.52. The molecule has 0 saturated carbocycles. The maximum absolute atomic E-state index is 12.7. The van der Waals surface area contributed by atoms with E-state index in [2.05, 4.69) is 15.5 Å². The van der Waals surface area contributed by atoms with Crippen LogP contribution in [0.3, 0.4) is 0 Å². The molecule has 4 aromatic rings. The van der Waals surface area contributed by atoms with Gasteiger partial charge in [0.25, 0.3) is 0 Å². The summed E-state index contributed by atoms with van der Waals surface area (Å²) >= 11 is 5.96. The number of rotatable bonds is 6. The summed E-state index contributed by atoms with van der Waals surface area (Å²) in [7, 11) is 0. The van der Waals surface area contributed by atoms with E-state index in [4.69, 9.17) is 16.3 Å². The van der Waals surface area contributed by atoms with Crippen LogP contribution in [-0.2, 0) is 9.59 Å². The molecule has 188 valence electrons. The third kappa shape index (κ3) is 6.01. The van der Waals surface area contributed by atoms with Crippen LogP contribution in [0.25, 0.3) is 23.1 Å². The van der Waals surface area contributed by atoms with Crippen molar-refractivity contribution >= 4 is 52.2 Å². The summed E-state index contributed by atoms with van der Waals surface area (Å²) < 4.78 is 6.07. The molecule has 0 radical (unpaired) electrons. The molecule has 1 aliphatic rings. The van der Waals surface area contributed by atoms with Gasteiger partial charge in [0.15, 0.2) is 0 Å². The van der Waals surface area contributed by atoms with Crippen LogP contribution >= 0.6 is 11.6 Å². The highest BCUT2D eigenvalue weighted by Gasteiger charge is 2.26. The fourth-order valence-corrected chi connectivity index (χ4v) is 4.56. The normalized spacial score (nSPS) is 14.3. The van der Waals surface area contributed by atoms with Crippen molar-refractivity contribution in [1.82, 2.24) is 15.1 Å². The Labute approximate surface area is 220 Å². The van der Waals surface area contributed by atoms with Gasteiger partial charge in [-0.05, 0) is 60.9 Å². The number of carbonyl (C=O) groups is 2. The van der Waals surface area contributed by atoms with E-state index in [1.165, 1.54) is 0 Å². The highest BCUT2D eigenvalue weighted by Crippen LogP contribution is 2.29.